The van der Waals surface area contributed by atoms with Crippen LogP contribution in [0.1, 0.15) is 50.0 Å². The van der Waals surface area contributed by atoms with Crippen LogP contribution in [0.5, 0.6) is 0 Å². The van der Waals surface area contributed by atoms with Crippen molar-refractivity contribution in [2.45, 2.75) is 45.1 Å². The fourth-order valence-electron chi connectivity index (χ4n) is 3.31. The Morgan fingerprint density at radius 2 is 2.20 bits per heavy atom. The van der Waals surface area contributed by atoms with E-state index in [9.17, 15) is 4.79 Å². The first-order valence-corrected chi connectivity index (χ1v) is 9.00. The normalized spacial score (nSPS) is 12.4. The maximum absolute atomic E-state index is 12.4. The topological polar surface area (TPSA) is 62.7 Å². The Morgan fingerprint density at radius 3 is 2.96 bits per heavy atom. The van der Waals surface area contributed by atoms with E-state index in [1.165, 1.54) is 10.9 Å². The summed E-state index contributed by atoms with van der Waals surface area (Å²) in [6.07, 6.45) is 9.93. The molecule has 0 fully saturated rings. The molecule has 2 heterocycles. The van der Waals surface area contributed by atoms with Crippen LogP contribution in [0, 0.1) is 0 Å². The van der Waals surface area contributed by atoms with Gasteiger partial charge >= 0.3 is 0 Å². The largest absolute Gasteiger partial charge is 0.361 e. The molecule has 2 aromatic heterocycles. The van der Waals surface area contributed by atoms with Gasteiger partial charge in [0, 0.05) is 43.0 Å². The standard InChI is InChI=1S/C20H26N4O/c1-3-7-18(20-21-12-13-24(20)2)23-19(25)11-6-8-15-14-22-17-10-5-4-9-16(15)17/h4-5,9-10,12-14,18,22H,3,6-8,11H2,1-2H3,(H,23,25)/t18-/m0/s1. The van der Waals surface area contributed by atoms with E-state index in [4.69, 9.17) is 0 Å². The highest BCUT2D eigenvalue weighted by Gasteiger charge is 2.17. The number of rotatable bonds is 8. The third-order valence-corrected chi connectivity index (χ3v) is 4.61. The van der Waals surface area contributed by atoms with E-state index < -0.39 is 0 Å². The third kappa shape index (κ3) is 4.10. The van der Waals surface area contributed by atoms with Gasteiger partial charge < -0.3 is 14.9 Å². The molecule has 0 radical (unpaired) electrons. The van der Waals surface area contributed by atoms with E-state index in [2.05, 4.69) is 46.6 Å². The van der Waals surface area contributed by atoms with Gasteiger partial charge in [-0.3, -0.25) is 4.79 Å². The lowest BCUT2D eigenvalue weighted by Crippen LogP contribution is -2.30. The van der Waals surface area contributed by atoms with Crippen LogP contribution in [-0.4, -0.2) is 20.4 Å². The van der Waals surface area contributed by atoms with E-state index in [1.807, 2.05) is 23.9 Å². The molecule has 1 aromatic carbocycles. The summed E-state index contributed by atoms with van der Waals surface area (Å²) in [6, 6.07) is 8.27. The quantitative estimate of drug-likeness (QED) is 0.655. The number of para-hydroxylation sites is 1. The Labute approximate surface area is 148 Å². The van der Waals surface area contributed by atoms with Crippen molar-refractivity contribution >= 4 is 16.8 Å². The lowest BCUT2D eigenvalue weighted by Gasteiger charge is -2.18. The van der Waals surface area contributed by atoms with Crippen LogP contribution in [0.3, 0.4) is 0 Å². The number of hydrogen-bond donors (Lipinski definition) is 2. The minimum Gasteiger partial charge on any atom is -0.361 e. The Hall–Kier alpha value is -2.56. The highest BCUT2D eigenvalue weighted by Crippen LogP contribution is 2.20. The van der Waals surface area contributed by atoms with Crippen molar-refractivity contribution in [1.82, 2.24) is 19.9 Å². The smallest absolute Gasteiger partial charge is 0.220 e. The van der Waals surface area contributed by atoms with Crippen LogP contribution in [0.15, 0.2) is 42.9 Å². The van der Waals surface area contributed by atoms with Crippen LogP contribution >= 0.6 is 0 Å². The molecule has 3 rings (SSSR count). The Morgan fingerprint density at radius 1 is 1.36 bits per heavy atom. The monoisotopic (exact) mass is 338 g/mol. The van der Waals surface area contributed by atoms with Crippen LogP contribution < -0.4 is 5.32 Å². The van der Waals surface area contributed by atoms with Crippen LogP contribution in [-0.2, 0) is 18.3 Å². The lowest BCUT2D eigenvalue weighted by molar-refractivity contribution is -0.122. The van der Waals surface area contributed by atoms with Gasteiger partial charge in [-0.2, -0.15) is 0 Å². The minimum absolute atomic E-state index is 0.00871. The summed E-state index contributed by atoms with van der Waals surface area (Å²) < 4.78 is 1.98. The SMILES string of the molecule is CCC[C@H](NC(=O)CCCc1c[nH]c2ccccc12)c1nccn1C. The minimum atomic E-state index is -0.00871. The number of aromatic amines is 1. The molecule has 3 aromatic rings. The van der Waals surface area contributed by atoms with Crippen LogP contribution in [0.25, 0.3) is 10.9 Å². The van der Waals surface area contributed by atoms with Crippen molar-refractivity contribution in [3.05, 3.63) is 54.2 Å². The zero-order valence-electron chi connectivity index (χ0n) is 15.0. The van der Waals surface area contributed by atoms with Crippen molar-refractivity contribution in [2.75, 3.05) is 0 Å². The van der Waals surface area contributed by atoms with Gasteiger partial charge in [-0.15, -0.1) is 0 Å². The Bertz CT molecular complexity index is 833. The molecule has 5 heteroatoms. The first-order chi connectivity index (χ1) is 12.2. The number of carbonyl (C=O) groups excluding carboxylic acids is 1. The van der Waals surface area contributed by atoms with Gasteiger partial charge in [-0.25, -0.2) is 4.98 Å². The second-order valence-corrected chi connectivity index (χ2v) is 6.52. The van der Waals surface area contributed by atoms with Gasteiger partial charge in [0.1, 0.15) is 5.82 Å². The summed E-state index contributed by atoms with van der Waals surface area (Å²) in [6.45, 7) is 2.12. The van der Waals surface area contributed by atoms with Crippen molar-refractivity contribution < 1.29 is 4.79 Å². The zero-order valence-corrected chi connectivity index (χ0v) is 15.0. The summed E-state index contributed by atoms with van der Waals surface area (Å²) in [4.78, 5) is 20.0. The highest BCUT2D eigenvalue weighted by molar-refractivity contribution is 5.83. The number of hydrogen-bond acceptors (Lipinski definition) is 2. The van der Waals surface area contributed by atoms with E-state index in [0.717, 1.165) is 37.0 Å². The number of imidazole rings is 1. The predicted molar refractivity (Wildman–Crippen MR) is 100 cm³/mol. The van der Waals surface area contributed by atoms with Crippen molar-refractivity contribution in [3.63, 3.8) is 0 Å². The van der Waals surface area contributed by atoms with Crippen molar-refractivity contribution in [1.29, 1.82) is 0 Å². The average molecular weight is 338 g/mol. The van der Waals surface area contributed by atoms with Gasteiger partial charge in [0.2, 0.25) is 5.91 Å². The predicted octanol–water partition coefficient (Wildman–Crippen LogP) is 3.88. The molecule has 0 saturated heterocycles. The highest BCUT2D eigenvalue weighted by atomic mass is 16.1. The molecule has 1 amide bonds. The number of nitrogens with one attached hydrogen (secondary N) is 2. The molecule has 0 aliphatic carbocycles. The number of benzene rings is 1. The van der Waals surface area contributed by atoms with Crippen LogP contribution in [0.4, 0.5) is 0 Å². The Balaban J connectivity index is 1.54. The molecule has 5 nitrogen and oxygen atoms in total. The average Bonchev–Trinajstić information content (AvgIpc) is 3.21. The van der Waals surface area contributed by atoms with Crippen molar-refractivity contribution in [2.24, 2.45) is 7.05 Å². The summed E-state index contributed by atoms with van der Waals surface area (Å²) in [5.41, 5.74) is 2.43. The zero-order chi connectivity index (χ0) is 17.6. The summed E-state index contributed by atoms with van der Waals surface area (Å²) in [7, 11) is 1.97. The third-order valence-electron chi connectivity index (χ3n) is 4.61. The van der Waals surface area contributed by atoms with Gasteiger partial charge in [0.15, 0.2) is 0 Å². The molecule has 2 N–H and O–H groups in total. The molecule has 1 atom stereocenters. The van der Waals surface area contributed by atoms with E-state index >= 15 is 0 Å². The van der Waals surface area contributed by atoms with Gasteiger partial charge in [-0.05, 0) is 30.9 Å². The van der Waals surface area contributed by atoms with Gasteiger partial charge in [-0.1, -0.05) is 31.5 Å². The van der Waals surface area contributed by atoms with Crippen LogP contribution in [0.2, 0.25) is 0 Å². The number of fused-ring (bicyclic) bond motifs is 1. The van der Waals surface area contributed by atoms with E-state index in [1.54, 1.807) is 6.20 Å². The van der Waals surface area contributed by atoms with E-state index in [-0.39, 0.29) is 11.9 Å². The second-order valence-electron chi connectivity index (χ2n) is 6.52. The first-order valence-electron chi connectivity index (χ1n) is 9.00. The number of amides is 1. The first kappa shape index (κ1) is 17.3. The fraction of sp³-hybridized carbons (Fsp3) is 0.400. The van der Waals surface area contributed by atoms with Gasteiger partial charge in [0.05, 0.1) is 6.04 Å². The fourth-order valence-corrected chi connectivity index (χ4v) is 3.31. The number of carbonyl (C=O) groups is 1. The van der Waals surface area contributed by atoms with Gasteiger partial charge in [0.25, 0.3) is 0 Å². The summed E-state index contributed by atoms with van der Waals surface area (Å²) in [5.74, 6) is 1.02. The molecule has 25 heavy (non-hydrogen) atoms. The molecule has 0 saturated carbocycles. The number of H-pyrrole nitrogens is 1. The lowest BCUT2D eigenvalue weighted by atomic mass is 10.1. The summed E-state index contributed by atoms with van der Waals surface area (Å²) in [5, 5.41) is 4.40. The molecule has 0 aliphatic rings. The number of nitrogens with zero attached hydrogens (tertiary/aromatic N) is 2. The maximum atomic E-state index is 12.4. The second kappa shape index (κ2) is 8.01. The molecule has 0 spiro atoms. The Kier molecular flexibility index (Phi) is 5.53. The molecule has 0 bridgehead atoms. The van der Waals surface area contributed by atoms with E-state index in [0.29, 0.717) is 6.42 Å². The number of aryl methyl sites for hydroxylation is 2. The molecular weight excluding hydrogens is 312 g/mol. The number of aromatic nitrogens is 3. The molecule has 132 valence electrons. The molecule has 0 aliphatic heterocycles. The van der Waals surface area contributed by atoms with Crippen molar-refractivity contribution in [3.8, 4) is 0 Å². The molecule has 0 unspecified atom stereocenters. The summed E-state index contributed by atoms with van der Waals surface area (Å²) >= 11 is 0. The molecular formula is C20H26N4O. The maximum Gasteiger partial charge on any atom is 0.220 e.